The van der Waals surface area contributed by atoms with Gasteiger partial charge >= 0.3 is 0 Å². The Bertz CT molecular complexity index is 1050. The van der Waals surface area contributed by atoms with Gasteiger partial charge < -0.3 is 19.9 Å². The lowest BCUT2D eigenvalue weighted by molar-refractivity contribution is -0.136. The summed E-state index contributed by atoms with van der Waals surface area (Å²) in [6, 6.07) is 10.8. The van der Waals surface area contributed by atoms with E-state index in [4.69, 9.17) is 14.8 Å². The van der Waals surface area contributed by atoms with E-state index >= 15 is 0 Å². The maximum atomic E-state index is 12.2. The van der Waals surface area contributed by atoms with Gasteiger partial charge in [0.15, 0.2) is 5.82 Å². The Morgan fingerprint density at radius 1 is 1.16 bits per heavy atom. The number of nitrogens with zero attached hydrogens (tertiary/aromatic N) is 5. The number of fused-ring (bicyclic) bond motifs is 1. The van der Waals surface area contributed by atoms with E-state index in [1.165, 1.54) is 25.7 Å². The Balaban J connectivity index is 1.37. The Kier molecular flexibility index (Phi) is 6.27. The molecule has 170 valence electrons. The van der Waals surface area contributed by atoms with E-state index in [9.17, 15) is 4.79 Å². The Morgan fingerprint density at radius 2 is 1.91 bits per heavy atom. The van der Waals surface area contributed by atoms with E-state index in [1.807, 2.05) is 34.5 Å². The molecule has 2 aliphatic rings. The number of ether oxygens (including phenoxy) is 1. The third-order valence-electron chi connectivity index (χ3n) is 6.27. The van der Waals surface area contributed by atoms with Crippen molar-refractivity contribution < 1.29 is 9.53 Å². The number of hydrogen-bond donors (Lipinski definition) is 1. The van der Waals surface area contributed by atoms with Gasteiger partial charge in [-0.2, -0.15) is 4.52 Å². The number of hydrogen-bond acceptors (Lipinski definition) is 7. The van der Waals surface area contributed by atoms with Crippen LogP contribution in [0.15, 0.2) is 30.3 Å². The quantitative estimate of drug-likeness (QED) is 0.589. The first-order valence-corrected chi connectivity index (χ1v) is 12.4. The highest BCUT2D eigenvalue weighted by molar-refractivity contribution is 7.20. The monoisotopic (exact) mass is 454 g/mol. The lowest BCUT2D eigenvalue weighted by Gasteiger charge is -2.34. The molecular weight excluding hydrogens is 424 g/mol. The molecule has 1 aliphatic carbocycles. The van der Waals surface area contributed by atoms with Gasteiger partial charge in [-0.1, -0.05) is 54.5 Å². The average molecular weight is 455 g/mol. The molecule has 3 aromatic rings. The molecule has 32 heavy (non-hydrogen) atoms. The van der Waals surface area contributed by atoms with Crippen LogP contribution in [0.25, 0.3) is 16.2 Å². The number of benzene rings is 1. The van der Waals surface area contributed by atoms with Crippen LogP contribution in [0.3, 0.4) is 0 Å². The van der Waals surface area contributed by atoms with Gasteiger partial charge in [0.2, 0.25) is 16.0 Å². The number of anilines is 2. The number of carbonyl (C=O) groups is 1. The second-order valence-electron chi connectivity index (χ2n) is 8.38. The van der Waals surface area contributed by atoms with Gasteiger partial charge in [-0.3, -0.25) is 4.79 Å². The fourth-order valence-electron chi connectivity index (χ4n) is 4.48. The number of imidazole rings is 1. The number of nitrogens with one attached hydrogen (secondary N) is 1. The molecule has 1 amide bonds. The van der Waals surface area contributed by atoms with Crippen molar-refractivity contribution in [2.45, 2.75) is 38.6 Å². The van der Waals surface area contributed by atoms with Crippen LogP contribution in [0.2, 0.25) is 0 Å². The summed E-state index contributed by atoms with van der Waals surface area (Å²) < 4.78 is 7.25. The van der Waals surface area contributed by atoms with E-state index < -0.39 is 0 Å². The van der Waals surface area contributed by atoms with Gasteiger partial charge in [0, 0.05) is 44.4 Å². The third-order valence-corrected chi connectivity index (χ3v) is 7.24. The summed E-state index contributed by atoms with van der Waals surface area (Å²) >= 11 is 1.61. The summed E-state index contributed by atoms with van der Waals surface area (Å²) in [4.78, 5) is 22.2. The second kappa shape index (κ2) is 9.46. The number of carbonyl (C=O) groups excluding carboxylic acids is 1. The minimum absolute atomic E-state index is 0.0657. The topological polar surface area (TPSA) is 75.0 Å². The minimum atomic E-state index is 0.0657. The van der Waals surface area contributed by atoms with Crippen molar-refractivity contribution in [3.63, 3.8) is 0 Å². The van der Waals surface area contributed by atoms with Crippen LogP contribution in [0.5, 0.6) is 0 Å². The molecule has 3 heterocycles. The molecule has 0 radical (unpaired) electrons. The molecule has 0 unspecified atom stereocenters. The molecule has 2 aromatic heterocycles. The van der Waals surface area contributed by atoms with Crippen molar-refractivity contribution in [3.05, 3.63) is 30.3 Å². The summed E-state index contributed by atoms with van der Waals surface area (Å²) in [5.41, 5.74) is 2.07. The van der Waals surface area contributed by atoms with E-state index in [0.29, 0.717) is 25.7 Å². The molecule has 1 saturated heterocycles. The minimum Gasteiger partial charge on any atom is -0.372 e. The Hall–Kier alpha value is -2.65. The second-order valence-corrected chi connectivity index (χ2v) is 9.32. The van der Waals surface area contributed by atoms with E-state index in [-0.39, 0.29) is 12.5 Å². The maximum Gasteiger partial charge on any atom is 0.248 e. The highest BCUT2D eigenvalue weighted by Gasteiger charge is 2.26. The lowest BCUT2D eigenvalue weighted by atomic mass is 10.1. The first kappa shape index (κ1) is 21.2. The molecule has 2 fully saturated rings. The number of amides is 1. The van der Waals surface area contributed by atoms with Crippen molar-refractivity contribution in [2.75, 3.05) is 49.6 Å². The van der Waals surface area contributed by atoms with Crippen LogP contribution in [0.4, 0.5) is 10.9 Å². The molecule has 0 bridgehead atoms. The normalized spacial score (nSPS) is 17.4. The van der Waals surface area contributed by atoms with E-state index in [0.717, 1.165) is 40.3 Å². The molecular formula is C23H30N6O2S. The highest BCUT2D eigenvalue weighted by Crippen LogP contribution is 2.35. The lowest BCUT2D eigenvalue weighted by Crippen LogP contribution is -2.49. The van der Waals surface area contributed by atoms with Gasteiger partial charge in [0.1, 0.15) is 12.3 Å². The molecule has 0 spiro atoms. The fraction of sp³-hybridized carbons (Fsp3) is 0.522. The Labute approximate surface area is 192 Å². The molecule has 1 N–H and O–H groups in total. The van der Waals surface area contributed by atoms with Crippen LogP contribution in [-0.4, -0.2) is 70.8 Å². The molecule has 5 rings (SSSR count). The maximum absolute atomic E-state index is 12.2. The predicted molar refractivity (Wildman–Crippen MR) is 127 cm³/mol. The third kappa shape index (κ3) is 4.31. The molecule has 1 aliphatic heterocycles. The van der Waals surface area contributed by atoms with Gasteiger partial charge in [-0.15, -0.1) is 5.10 Å². The van der Waals surface area contributed by atoms with Gasteiger partial charge in [-0.25, -0.2) is 4.98 Å². The summed E-state index contributed by atoms with van der Waals surface area (Å²) in [5.74, 6) is 1.06. The van der Waals surface area contributed by atoms with Crippen molar-refractivity contribution in [3.8, 4) is 11.3 Å². The van der Waals surface area contributed by atoms with E-state index in [1.54, 1.807) is 11.3 Å². The van der Waals surface area contributed by atoms with Crippen molar-refractivity contribution >= 4 is 33.2 Å². The number of piperazine rings is 1. The zero-order chi connectivity index (χ0) is 21.9. The molecule has 0 atom stereocenters. The first-order valence-electron chi connectivity index (χ1n) is 11.5. The number of aromatic nitrogens is 3. The fourth-order valence-corrected chi connectivity index (χ4v) is 5.44. The SMILES string of the molecule is CCOCC(=O)N1CCN(c2nn3c(NC4CCCC4)c(-c4ccccc4)nc3s2)CC1. The summed E-state index contributed by atoms with van der Waals surface area (Å²) in [7, 11) is 0. The van der Waals surface area contributed by atoms with Gasteiger partial charge in [0.25, 0.3) is 0 Å². The van der Waals surface area contributed by atoms with Crippen LogP contribution < -0.4 is 10.2 Å². The van der Waals surface area contributed by atoms with Gasteiger partial charge in [-0.05, 0) is 19.8 Å². The smallest absolute Gasteiger partial charge is 0.248 e. The molecule has 9 heteroatoms. The zero-order valence-electron chi connectivity index (χ0n) is 18.5. The summed E-state index contributed by atoms with van der Waals surface area (Å²) in [6.45, 7) is 5.55. The molecule has 1 aromatic carbocycles. The van der Waals surface area contributed by atoms with Gasteiger partial charge in [0.05, 0.1) is 0 Å². The Morgan fingerprint density at radius 3 is 2.62 bits per heavy atom. The van der Waals surface area contributed by atoms with Crippen LogP contribution in [0.1, 0.15) is 32.6 Å². The van der Waals surface area contributed by atoms with E-state index in [2.05, 4.69) is 22.3 Å². The van der Waals surface area contributed by atoms with Crippen molar-refractivity contribution in [2.24, 2.45) is 0 Å². The van der Waals surface area contributed by atoms with Crippen molar-refractivity contribution in [1.82, 2.24) is 19.5 Å². The van der Waals surface area contributed by atoms with Crippen LogP contribution >= 0.6 is 11.3 Å². The first-order chi connectivity index (χ1) is 15.7. The zero-order valence-corrected chi connectivity index (χ0v) is 19.3. The molecule has 1 saturated carbocycles. The van der Waals surface area contributed by atoms with Crippen LogP contribution in [-0.2, 0) is 9.53 Å². The summed E-state index contributed by atoms with van der Waals surface area (Å²) in [5, 5.41) is 9.66. The highest BCUT2D eigenvalue weighted by atomic mass is 32.1. The van der Waals surface area contributed by atoms with Crippen LogP contribution in [0, 0.1) is 0 Å². The van der Waals surface area contributed by atoms with Crippen molar-refractivity contribution in [1.29, 1.82) is 0 Å². The summed E-state index contributed by atoms with van der Waals surface area (Å²) in [6.07, 6.45) is 4.93. The largest absolute Gasteiger partial charge is 0.372 e. The predicted octanol–water partition coefficient (Wildman–Crippen LogP) is 3.50. The number of rotatable bonds is 7. The standard InChI is InChI=1S/C23H30N6O2S/c1-2-31-16-19(30)27-12-14-28(15-13-27)23-26-29-21(24-18-10-6-7-11-18)20(25-22(29)32-23)17-8-4-3-5-9-17/h3-5,8-9,18,24H,2,6-7,10-16H2,1H3. The molecule has 8 nitrogen and oxygen atoms in total. The average Bonchev–Trinajstić information content (AvgIpc) is 3.56.